The Kier molecular flexibility index (Phi) is 6.06. The molecular formula is C26H22ClF3N4. The van der Waals surface area contributed by atoms with Crippen LogP contribution in [0.15, 0.2) is 72.9 Å². The van der Waals surface area contributed by atoms with Crippen LogP contribution in [0.2, 0.25) is 5.02 Å². The molecule has 1 aliphatic rings. The van der Waals surface area contributed by atoms with Gasteiger partial charge < -0.3 is 10.3 Å². The SMILES string of the molecule is FC(F)(F)CN1CCc2c(cccc2Nc2ccc(Cl)c(-c3ncc(-c4ccccc4)[nH]3)c2)C1. The zero-order chi connectivity index (χ0) is 23.7. The Hall–Kier alpha value is -3.29. The standard InChI is InChI=1S/C26H22ClF3N4/c27-22-10-9-19(13-21(22)25-31-14-24(33-25)17-5-2-1-3-6-17)32-23-8-4-7-18-15-34(12-11-20(18)23)16-26(28,29)30/h1-10,13-14,32H,11-12,15-16H2,(H,31,33). The van der Waals surface area contributed by atoms with Crippen molar-refractivity contribution in [3.63, 3.8) is 0 Å². The number of alkyl halides is 3. The Bertz CT molecular complexity index is 1300. The van der Waals surface area contributed by atoms with Gasteiger partial charge in [-0.1, -0.05) is 54.1 Å². The molecule has 0 radical (unpaired) electrons. The third kappa shape index (κ3) is 4.95. The number of aromatic nitrogens is 2. The summed E-state index contributed by atoms with van der Waals surface area (Å²) in [4.78, 5) is 9.28. The van der Waals surface area contributed by atoms with E-state index in [1.54, 1.807) is 6.20 Å². The molecule has 8 heteroatoms. The van der Waals surface area contributed by atoms with E-state index in [0.717, 1.165) is 39.3 Å². The molecule has 0 saturated carbocycles. The van der Waals surface area contributed by atoms with E-state index in [2.05, 4.69) is 15.3 Å². The van der Waals surface area contributed by atoms with Crippen LogP contribution in [0.1, 0.15) is 11.1 Å². The molecule has 4 aromatic rings. The average Bonchev–Trinajstić information content (AvgIpc) is 3.30. The van der Waals surface area contributed by atoms with Crippen LogP contribution in [-0.2, 0) is 13.0 Å². The second kappa shape index (κ2) is 9.16. The van der Waals surface area contributed by atoms with Gasteiger partial charge in [-0.15, -0.1) is 0 Å². The number of imidazole rings is 1. The van der Waals surface area contributed by atoms with Gasteiger partial charge in [-0.25, -0.2) is 4.98 Å². The van der Waals surface area contributed by atoms with Gasteiger partial charge in [-0.05, 0) is 47.4 Å². The quantitative estimate of drug-likeness (QED) is 0.320. The fourth-order valence-electron chi connectivity index (χ4n) is 4.34. The van der Waals surface area contributed by atoms with Crippen molar-refractivity contribution in [3.05, 3.63) is 89.1 Å². The number of benzene rings is 3. The topological polar surface area (TPSA) is 44.0 Å². The summed E-state index contributed by atoms with van der Waals surface area (Å²) in [7, 11) is 0. The molecule has 4 nitrogen and oxygen atoms in total. The van der Waals surface area contributed by atoms with Crippen LogP contribution in [0.25, 0.3) is 22.6 Å². The smallest absolute Gasteiger partial charge is 0.355 e. The molecule has 5 rings (SSSR count). The third-order valence-electron chi connectivity index (χ3n) is 5.91. The first kappa shape index (κ1) is 22.5. The van der Waals surface area contributed by atoms with Crippen molar-refractivity contribution in [1.82, 2.24) is 14.9 Å². The van der Waals surface area contributed by atoms with E-state index >= 15 is 0 Å². The highest BCUT2D eigenvalue weighted by Gasteiger charge is 2.32. The first-order chi connectivity index (χ1) is 16.4. The Morgan fingerprint density at radius 2 is 1.85 bits per heavy atom. The maximum atomic E-state index is 12.8. The number of nitrogens with zero attached hydrogens (tertiary/aromatic N) is 2. The molecular weight excluding hydrogens is 461 g/mol. The molecule has 0 bridgehead atoms. The molecule has 34 heavy (non-hydrogen) atoms. The van der Waals surface area contributed by atoms with E-state index in [1.807, 2.05) is 66.7 Å². The number of rotatable bonds is 5. The average molecular weight is 483 g/mol. The van der Waals surface area contributed by atoms with Gasteiger partial charge in [0.2, 0.25) is 0 Å². The highest BCUT2D eigenvalue weighted by atomic mass is 35.5. The molecule has 174 valence electrons. The lowest BCUT2D eigenvalue weighted by molar-refractivity contribution is -0.147. The zero-order valence-corrected chi connectivity index (χ0v) is 18.9. The molecule has 0 fully saturated rings. The lowest BCUT2D eigenvalue weighted by Crippen LogP contribution is -2.38. The molecule has 0 amide bonds. The van der Waals surface area contributed by atoms with Crippen molar-refractivity contribution in [3.8, 4) is 22.6 Å². The van der Waals surface area contributed by atoms with Gasteiger partial charge in [-0.2, -0.15) is 13.2 Å². The van der Waals surface area contributed by atoms with Crippen molar-refractivity contribution in [2.45, 2.75) is 19.1 Å². The first-order valence-corrected chi connectivity index (χ1v) is 11.3. The second-order valence-corrected chi connectivity index (χ2v) is 8.76. The van der Waals surface area contributed by atoms with Crippen LogP contribution in [0.3, 0.4) is 0 Å². The Labute approximate surface area is 200 Å². The number of anilines is 2. The fraction of sp³-hybridized carbons (Fsp3) is 0.192. The van der Waals surface area contributed by atoms with Crippen molar-refractivity contribution >= 4 is 23.0 Å². The molecule has 0 spiro atoms. The van der Waals surface area contributed by atoms with E-state index in [1.165, 1.54) is 4.90 Å². The van der Waals surface area contributed by atoms with Crippen molar-refractivity contribution in [1.29, 1.82) is 0 Å². The summed E-state index contributed by atoms with van der Waals surface area (Å²) in [6, 6.07) is 21.2. The summed E-state index contributed by atoms with van der Waals surface area (Å²) >= 11 is 6.49. The lowest BCUT2D eigenvalue weighted by Gasteiger charge is -2.30. The number of nitrogens with one attached hydrogen (secondary N) is 2. The van der Waals surface area contributed by atoms with Crippen LogP contribution in [-0.4, -0.2) is 34.1 Å². The van der Waals surface area contributed by atoms with Crippen LogP contribution < -0.4 is 5.32 Å². The summed E-state index contributed by atoms with van der Waals surface area (Å²) < 4.78 is 38.5. The highest BCUT2D eigenvalue weighted by molar-refractivity contribution is 6.33. The van der Waals surface area contributed by atoms with Crippen LogP contribution in [0, 0.1) is 0 Å². The van der Waals surface area contributed by atoms with E-state index in [0.29, 0.717) is 23.8 Å². The molecule has 3 aromatic carbocycles. The largest absolute Gasteiger partial charge is 0.401 e. The van der Waals surface area contributed by atoms with Gasteiger partial charge >= 0.3 is 6.18 Å². The van der Waals surface area contributed by atoms with Gasteiger partial charge in [0.1, 0.15) is 5.82 Å². The fourth-order valence-corrected chi connectivity index (χ4v) is 4.54. The van der Waals surface area contributed by atoms with Crippen LogP contribution >= 0.6 is 11.6 Å². The van der Waals surface area contributed by atoms with E-state index < -0.39 is 12.7 Å². The molecule has 2 N–H and O–H groups in total. The molecule has 1 aliphatic heterocycles. The molecule has 0 saturated heterocycles. The number of fused-ring (bicyclic) bond motifs is 1. The molecule has 0 atom stereocenters. The van der Waals surface area contributed by atoms with E-state index in [4.69, 9.17) is 11.6 Å². The summed E-state index contributed by atoms with van der Waals surface area (Å²) in [6.07, 6.45) is -1.87. The maximum absolute atomic E-state index is 12.8. The normalized spacial score (nSPS) is 14.1. The number of aromatic amines is 1. The summed E-state index contributed by atoms with van der Waals surface area (Å²) in [5.41, 5.74) is 6.35. The third-order valence-corrected chi connectivity index (χ3v) is 6.24. The molecule has 1 aromatic heterocycles. The predicted octanol–water partition coefficient (Wildman–Crippen LogP) is 7.06. The minimum Gasteiger partial charge on any atom is -0.355 e. The van der Waals surface area contributed by atoms with Crippen LogP contribution in [0.5, 0.6) is 0 Å². The molecule has 0 aliphatic carbocycles. The minimum absolute atomic E-state index is 0.283. The van der Waals surface area contributed by atoms with Gasteiger partial charge in [0, 0.05) is 30.0 Å². The lowest BCUT2D eigenvalue weighted by atomic mass is 9.97. The number of hydrogen-bond acceptors (Lipinski definition) is 3. The summed E-state index contributed by atoms with van der Waals surface area (Å²) in [6.45, 7) is -0.241. The van der Waals surface area contributed by atoms with Gasteiger partial charge in [0.05, 0.1) is 23.5 Å². The van der Waals surface area contributed by atoms with E-state index in [-0.39, 0.29) is 6.54 Å². The van der Waals surface area contributed by atoms with Crippen molar-refractivity contribution in [2.75, 3.05) is 18.4 Å². The Morgan fingerprint density at radius 1 is 1.03 bits per heavy atom. The summed E-state index contributed by atoms with van der Waals surface area (Å²) in [5, 5.41) is 4.00. The number of hydrogen-bond donors (Lipinski definition) is 2. The van der Waals surface area contributed by atoms with Gasteiger partial charge in [0.25, 0.3) is 0 Å². The minimum atomic E-state index is -4.20. The number of halogens is 4. The van der Waals surface area contributed by atoms with E-state index in [9.17, 15) is 13.2 Å². The molecule has 2 heterocycles. The summed E-state index contributed by atoms with van der Waals surface area (Å²) in [5.74, 6) is 0.658. The second-order valence-electron chi connectivity index (χ2n) is 8.35. The maximum Gasteiger partial charge on any atom is 0.401 e. The first-order valence-electron chi connectivity index (χ1n) is 10.9. The van der Waals surface area contributed by atoms with Gasteiger partial charge in [0.15, 0.2) is 0 Å². The highest BCUT2D eigenvalue weighted by Crippen LogP contribution is 2.34. The predicted molar refractivity (Wildman–Crippen MR) is 129 cm³/mol. The zero-order valence-electron chi connectivity index (χ0n) is 18.2. The monoisotopic (exact) mass is 482 g/mol. The Morgan fingerprint density at radius 3 is 2.65 bits per heavy atom. The number of H-pyrrole nitrogens is 1. The van der Waals surface area contributed by atoms with Gasteiger partial charge in [-0.3, -0.25) is 4.90 Å². The van der Waals surface area contributed by atoms with Crippen molar-refractivity contribution < 1.29 is 13.2 Å². The van der Waals surface area contributed by atoms with Crippen LogP contribution in [0.4, 0.5) is 24.5 Å². The Balaban J connectivity index is 1.39. The molecule has 0 unspecified atom stereocenters. The van der Waals surface area contributed by atoms with Crippen molar-refractivity contribution in [2.24, 2.45) is 0 Å².